The minimum Gasteiger partial charge on any atom is -0.378 e. The van der Waals surface area contributed by atoms with E-state index in [1.54, 1.807) is 11.7 Å². The van der Waals surface area contributed by atoms with E-state index < -0.39 is 0 Å². The topological polar surface area (TPSA) is 81.0 Å². The Morgan fingerprint density at radius 2 is 2.00 bits per heavy atom. The number of aromatic nitrogens is 5. The van der Waals surface area contributed by atoms with Gasteiger partial charge in [0.05, 0.1) is 13.2 Å². The molecule has 3 heterocycles. The van der Waals surface area contributed by atoms with E-state index in [4.69, 9.17) is 4.74 Å². The molecule has 0 radical (unpaired) electrons. The summed E-state index contributed by atoms with van der Waals surface area (Å²) in [6, 6.07) is 1.89. The van der Waals surface area contributed by atoms with E-state index in [-0.39, 0.29) is 0 Å². The van der Waals surface area contributed by atoms with Crippen molar-refractivity contribution in [2.45, 2.75) is 0 Å². The summed E-state index contributed by atoms with van der Waals surface area (Å²) in [5, 5.41) is 7.30. The van der Waals surface area contributed by atoms with Crippen LogP contribution in [0.4, 0.5) is 11.9 Å². The van der Waals surface area contributed by atoms with E-state index in [9.17, 15) is 0 Å². The van der Waals surface area contributed by atoms with Gasteiger partial charge in [0.15, 0.2) is 5.82 Å². The van der Waals surface area contributed by atoms with Gasteiger partial charge in [-0.1, -0.05) is 0 Å². The van der Waals surface area contributed by atoms with Crippen LogP contribution in [0.2, 0.25) is 0 Å². The fraction of sp³-hybridized carbons (Fsp3) is 0.500. The smallest absolute Gasteiger partial charge is 0.230 e. The number of morpholine rings is 1. The van der Waals surface area contributed by atoms with E-state index in [0.29, 0.717) is 30.9 Å². The molecule has 0 unspecified atom stereocenters. The molecule has 0 bridgehead atoms. The summed E-state index contributed by atoms with van der Waals surface area (Å²) >= 11 is 0. The number of hydrogen-bond donors (Lipinski definition) is 1. The average molecular weight is 275 g/mol. The van der Waals surface area contributed by atoms with Gasteiger partial charge in [-0.3, -0.25) is 4.68 Å². The van der Waals surface area contributed by atoms with E-state index in [1.165, 1.54) is 0 Å². The maximum Gasteiger partial charge on any atom is 0.230 e. The largest absolute Gasteiger partial charge is 0.378 e. The fourth-order valence-corrected chi connectivity index (χ4v) is 2.03. The van der Waals surface area contributed by atoms with Crippen LogP contribution in [0.15, 0.2) is 12.3 Å². The third kappa shape index (κ3) is 2.55. The summed E-state index contributed by atoms with van der Waals surface area (Å²) in [6.45, 7) is 2.96. The number of rotatable bonds is 3. The van der Waals surface area contributed by atoms with Crippen molar-refractivity contribution in [1.82, 2.24) is 24.7 Å². The Hall–Kier alpha value is -2.22. The Kier molecular flexibility index (Phi) is 3.46. The number of hydrogen-bond acceptors (Lipinski definition) is 7. The summed E-state index contributed by atoms with van der Waals surface area (Å²) in [7, 11) is 3.66. The van der Waals surface area contributed by atoms with Crippen LogP contribution >= 0.6 is 0 Å². The molecule has 20 heavy (non-hydrogen) atoms. The lowest BCUT2D eigenvalue weighted by atomic mass is 10.4. The molecule has 1 fully saturated rings. The predicted molar refractivity (Wildman–Crippen MR) is 74.6 cm³/mol. The van der Waals surface area contributed by atoms with E-state index in [0.717, 1.165) is 18.8 Å². The van der Waals surface area contributed by atoms with Gasteiger partial charge in [-0.05, 0) is 6.07 Å². The first kappa shape index (κ1) is 12.8. The van der Waals surface area contributed by atoms with Crippen molar-refractivity contribution in [1.29, 1.82) is 0 Å². The molecule has 1 saturated heterocycles. The Balaban J connectivity index is 1.97. The summed E-state index contributed by atoms with van der Waals surface area (Å²) in [5.41, 5.74) is 0.737. The van der Waals surface area contributed by atoms with Crippen molar-refractivity contribution in [2.75, 3.05) is 43.6 Å². The van der Waals surface area contributed by atoms with Gasteiger partial charge in [-0.25, -0.2) is 0 Å². The highest BCUT2D eigenvalue weighted by Gasteiger charge is 2.17. The zero-order chi connectivity index (χ0) is 13.9. The van der Waals surface area contributed by atoms with Crippen LogP contribution in [-0.4, -0.2) is 58.1 Å². The maximum atomic E-state index is 5.35. The summed E-state index contributed by atoms with van der Waals surface area (Å²) < 4.78 is 7.08. The molecule has 0 saturated carbocycles. The van der Waals surface area contributed by atoms with Gasteiger partial charge >= 0.3 is 0 Å². The SMILES string of the molecule is CNc1nc(-c2ccn(C)n2)nc(N2CCOCC2)n1. The van der Waals surface area contributed by atoms with Gasteiger partial charge in [-0.15, -0.1) is 0 Å². The Labute approximate surface area is 116 Å². The second kappa shape index (κ2) is 5.41. The summed E-state index contributed by atoms with van der Waals surface area (Å²) in [4.78, 5) is 15.4. The summed E-state index contributed by atoms with van der Waals surface area (Å²) in [6.07, 6.45) is 1.87. The minimum atomic E-state index is 0.544. The zero-order valence-corrected chi connectivity index (χ0v) is 11.6. The lowest BCUT2D eigenvalue weighted by molar-refractivity contribution is 0.122. The Morgan fingerprint density at radius 1 is 1.20 bits per heavy atom. The molecular weight excluding hydrogens is 258 g/mol. The molecule has 2 aromatic rings. The molecule has 1 aliphatic rings. The van der Waals surface area contributed by atoms with Gasteiger partial charge in [0.1, 0.15) is 5.69 Å². The molecule has 8 nitrogen and oxygen atoms in total. The molecule has 0 aromatic carbocycles. The van der Waals surface area contributed by atoms with E-state index >= 15 is 0 Å². The third-order valence-electron chi connectivity index (χ3n) is 3.08. The van der Waals surface area contributed by atoms with Gasteiger partial charge in [-0.2, -0.15) is 20.1 Å². The van der Waals surface area contributed by atoms with Gasteiger partial charge in [0.2, 0.25) is 11.9 Å². The molecule has 0 atom stereocenters. The van der Waals surface area contributed by atoms with Gasteiger partial charge in [0, 0.05) is 33.4 Å². The second-order valence-electron chi connectivity index (χ2n) is 4.51. The summed E-state index contributed by atoms with van der Waals surface area (Å²) in [5.74, 6) is 1.78. The highest BCUT2D eigenvalue weighted by atomic mass is 16.5. The molecule has 1 aliphatic heterocycles. The van der Waals surface area contributed by atoms with Crippen LogP contribution in [0.3, 0.4) is 0 Å². The van der Waals surface area contributed by atoms with Crippen molar-refractivity contribution < 1.29 is 4.74 Å². The van der Waals surface area contributed by atoms with Crippen LogP contribution in [0.25, 0.3) is 11.5 Å². The predicted octanol–water partition coefficient (Wildman–Crippen LogP) is 0.150. The van der Waals surface area contributed by atoms with Crippen LogP contribution in [0.1, 0.15) is 0 Å². The van der Waals surface area contributed by atoms with Crippen molar-refractivity contribution in [2.24, 2.45) is 7.05 Å². The molecule has 2 aromatic heterocycles. The Bertz CT molecular complexity index is 591. The lowest BCUT2D eigenvalue weighted by Crippen LogP contribution is -2.37. The minimum absolute atomic E-state index is 0.544. The van der Waals surface area contributed by atoms with Crippen molar-refractivity contribution in [3.8, 4) is 11.5 Å². The molecule has 8 heteroatoms. The second-order valence-corrected chi connectivity index (χ2v) is 4.51. The first-order valence-corrected chi connectivity index (χ1v) is 6.53. The number of nitrogens with zero attached hydrogens (tertiary/aromatic N) is 6. The zero-order valence-electron chi connectivity index (χ0n) is 11.6. The Morgan fingerprint density at radius 3 is 2.65 bits per heavy atom. The monoisotopic (exact) mass is 275 g/mol. The lowest BCUT2D eigenvalue weighted by Gasteiger charge is -2.26. The highest BCUT2D eigenvalue weighted by Crippen LogP contribution is 2.18. The normalized spacial score (nSPS) is 15.4. The molecule has 1 N–H and O–H groups in total. The molecule has 0 spiro atoms. The number of ether oxygens (including phenoxy) is 1. The molecule has 3 rings (SSSR count). The maximum absolute atomic E-state index is 5.35. The number of anilines is 2. The molecule has 0 amide bonds. The third-order valence-corrected chi connectivity index (χ3v) is 3.08. The standard InChI is InChI=1S/C12H17N7O/c1-13-11-14-10(9-3-4-18(2)17-9)15-12(16-11)19-5-7-20-8-6-19/h3-4H,5-8H2,1-2H3,(H,13,14,15,16). The number of nitrogens with one attached hydrogen (secondary N) is 1. The van der Waals surface area contributed by atoms with Crippen LogP contribution in [0.5, 0.6) is 0 Å². The average Bonchev–Trinajstić information content (AvgIpc) is 2.94. The van der Waals surface area contributed by atoms with Crippen molar-refractivity contribution >= 4 is 11.9 Å². The van der Waals surface area contributed by atoms with Crippen molar-refractivity contribution in [3.63, 3.8) is 0 Å². The van der Waals surface area contributed by atoms with E-state index in [2.05, 4.69) is 30.3 Å². The van der Waals surface area contributed by atoms with Gasteiger partial charge < -0.3 is 15.0 Å². The first-order valence-electron chi connectivity index (χ1n) is 6.53. The number of aryl methyl sites for hydroxylation is 1. The molecule has 106 valence electrons. The van der Waals surface area contributed by atoms with Crippen molar-refractivity contribution in [3.05, 3.63) is 12.3 Å². The first-order chi connectivity index (χ1) is 9.76. The highest BCUT2D eigenvalue weighted by molar-refractivity contribution is 5.53. The van der Waals surface area contributed by atoms with Gasteiger partial charge in [0.25, 0.3) is 0 Å². The quantitative estimate of drug-likeness (QED) is 0.854. The van der Waals surface area contributed by atoms with Crippen LogP contribution in [0, 0.1) is 0 Å². The fourth-order valence-electron chi connectivity index (χ4n) is 2.03. The molecular formula is C12H17N7O. The van der Waals surface area contributed by atoms with E-state index in [1.807, 2.05) is 19.3 Å². The van der Waals surface area contributed by atoms with Crippen LogP contribution in [-0.2, 0) is 11.8 Å². The molecule has 0 aliphatic carbocycles. The van der Waals surface area contributed by atoms with Crippen LogP contribution < -0.4 is 10.2 Å².